The van der Waals surface area contributed by atoms with Crippen molar-refractivity contribution in [3.63, 3.8) is 0 Å². The summed E-state index contributed by atoms with van der Waals surface area (Å²) in [6.07, 6.45) is 0.151. The van der Waals surface area contributed by atoms with E-state index in [0.29, 0.717) is 56.7 Å². The van der Waals surface area contributed by atoms with Gasteiger partial charge in [-0.3, -0.25) is 14.5 Å². The average molecular weight is 639 g/mol. The molecule has 1 amide bonds. The number of hydrogen-bond donors (Lipinski definition) is 3. The van der Waals surface area contributed by atoms with Crippen molar-refractivity contribution in [3.8, 4) is 0 Å². The van der Waals surface area contributed by atoms with Crippen LogP contribution in [0.4, 0.5) is 14.5 Å². The fourth-order valence-electron chi connectivity index (χ4n) is 6.13. The quantitative estimate of drug-likeness (QED) is 0.154. The summed E-state index contributed by atoms with van der Waals surface area (Å²) in [4.78, 5) is 27.6. The van der Waals surface area contributed by atoms with Crippen LogP contribution < -0.4 is 4.90 Å². The van der Waals surface area contributed by atoms with Crippen molar-refractivity contribution in [1.82, 2.24) is 4.90 Å². The number of carboxylic acids is 1. The Kier molecular flexibility index (Phi) is 10.8. The first kappa shape index (κ1) is 33.6. The topological polar surface area (TPSA) is 120 Å². The molecule has 3 aromatic carbocycles. The molecule has 4 atom stereocenters. The standard InChI is InChI=1S/C35H40F2N2O7/c1-2-38(19-32(42)43)31(41)20-46-35(21-45-22-35)18-17-23-3-5-25(6-4-23)33-29(15-16-30(40)24-7-9-26(36)10-8-24)34(44)39(33)28-13-11-27(37)12-14-28/h3-14,29-31,33,40-41H,2,15-22H2,1H3,(H,42,43). The summed E-state index contributed by atoms with van der Waals surface area (Å²) in [6.45, 7) is 2.59. The van der Waals surface area contributed by atoms with Crippen LogP contribution in [0.15, 0.2) is 72.8 Å². The summed E-state index contributed by atoms with van der Waals surface area (Å²) >= 11 is 0. The highest BCUT2D eigenvalue weighted by atomic mass is 19.1. The zero-order valence-corrected chi connectivity index (χ0v) is 25.7. The summed E-state index contributed by atoms with van der Waals surface area (Å²) < 4.78 is 38.5. The van der Waals surface area contributed by atoms with E-state index < -0.39 is 35.6 Å². The number of hydrogen-bond acceptors (Lipinski definition) is 7. The van der Waals surface area contributed by atoms with Crippen LogP contribution in [0, 0.1) is 17.6 Å². The molecule has 3 N–H and O–H groups in total. The Labute approximate surface area is 267 Å². The fourth-order valence-corrected chi connectivity index (χ4v) is 6.13. The van der Waals surface area contributed by atoms with Crippen molar-refractivity contribution in [1.29, 1.82) is 0 Å². The molecule has 2 saturated heterocycles. The Hall–Kier alpha value is -3.74. The molecule has 2 heterocycles. The van der Waals surface area contributed by atoms with Crippen LogP contribution in [0.2, 0.25) is 0 Å². The van der Waals surface area contributed by atoms with Gasteiger partial charge in [-0.15, -0.1) is 0 Å². The largest absolute Gasteiger partial charge is 0.480 e. The summed E-state index contributed by atoms with van der Waals surface area (Å²) in [6, 6.07) is 19.1. The van der Waals surface area contributed by atoms with Crippen LogP contribution in [-0.2, 0) is 25.5 Å². The summed E-state index contributed by atoms with van der Waals surface area (Å²) in [5.74, 6) is -2.31. The normalized spacial score (nSPS) is 20.2. The Morgan fingerprint density at radius 1 is 1.02 bits per heavy atom. The Morgan fingerprint density at radius 2 is 1.65 bits per heavy atom. The van der Waals surface area contributed by atoms with E-state index in [9.17, 15) is 28.6 Å². The van der Waals surface area contributed by atoms with Crippen LogP contribution in [-0.4, -0.2) is 76.8 Å². The van der Waals surface area contributed by atoms with E-state index in [1.54, 1.807) is 24.0 Å². The molecule has 0 aromatic heterocycles. The first-order valence-corrected chi connectivity index (χ1v) is 15.6. The molecule has 2 aliphatic rings. The predicted molar refractivity (Wildman–Crippen MR) is 166 cm³/mol. The molecule has 46 heavy (non-hydrogen) atoms. The molecular formula is C35H40F2N2O7. The average Bonchev–Trinajstić information content (AvgIpc) is 3.03. The molecule has 246 valence electrons. The molecule has 0 saturated carbocycles. The number of ether oxygens (including phenoxy) is 2. The van der Waals surface area contributed by atoms with E-state index in [4.69, 9.17) is 14.6 Å². The minimum absolute atomic E-state index is 0.0322. The van der Waals surface area contributed by atoms with Crippen LogP contribution in [0.3, 0.4) is 0 Å². The number of halogens is 2. The SMILES string of the molecule is CCN(CC(=O)O)C(O)COC1(CCc2ccc(C3C(CCC(O)c4ccc(F)cc4)C(=O)N3c3ccc(F)cc3)cc2)COC1. The van der Waals surface area contributed by atoms with Gasteiger partial charge >= 0.3 is 5.97 Å². The van der Waals surface area contributed by atoms with Crippen molar-refractivity contribution < 1.29 is 43.2 Å². The lowest BCUT2D eigenvalue weighted by Gasteiger charge is -2.48. The minimum Gasteiger partial charge on any atom is -0.480 e. The number of nitrogens with zero attached hydrogens (tertiary/aromatic N) is 2. The van der Waals surface area contributed by atoms with E-state index in [1.165, 1.54) is 41.3 Å². The number of likely N-dealkylation sites (N-methyl/N-ethyl adjacent to an activating group) is 1. The monoisotopic (exact) mass is 638 g/mol. The number of carboxylic acid groups (broad SMARTS) is 1. The number of aliphatic hydroxyl groups is 2. The van der Waals surface area contributed by atoms with Gasteiger partial charge in [0.25, 0.3) is 0 Å². The second-order valence-corrected chi connectivity index (χ2v) is 12.0. The second-order valence-electron chi connectivity index (χ2n) is 12.0. The fraction of sp³-hybridized carbons (Fsp3) is 0.429. The molecule has 2 aliphatic heterocycles. The van der Waals surface area contributed by atoms with Gasteiger partial charge < -0.3 is 29.7 Å². The van der Waals surface area contributed by atoms with Crippen molar-refractivity contribution in [2.45, 2.75) is 56.6 Å². The highest BCUT2D eigenvalue weighted by Crippen LogP contribution is 2.46. The predicted octanol–water partition coefficient (Wildman–Crippen LogP) is 4.63. The maximum atomic E-state index is 13.7. The molecule has 2 fully saturated rings. The number of benzene rings is 3. The molecule has 5 rings (SSSR count). The molecule has 4 unspecified atom stereocenters. The first-order chi connectivity index (χ1) is 22.1. The number of aryl methyl sites for hydroxylation is 1. The van der Waals surface area contributed by atoms with Crippen molar-refractivity contribution >= 4 is 17.6 Å². The highest BCUT2D eigenvalue weighted by molar-refractivity contribution is 6.03. The van der Waals surface area contributed by atoms with E-state index in [0.717, 1.165) is 11.1 Å². The first-order valence-electron chi connectivity index (χ1n) is 15.6. The van der Waals surface area contributed by atoms with E-state index in [2.05, 4.69) is 0 Å². The lowest BCUT2D eigenvalue weighted by atomic mass is 9.78. The molecule has 0 bridgehead atoms. The Bertz CT molecular complexity index is 1470. The van der Waals surface area contributed by atoms with Crippen molar-refractivity contribution in [3.05, 3.63) is 101 Å². The third-order valence-electron chi connectivity index (χ3n) is 8.95. The summed E-state index contributed by atoms with van der Waals surface area (Å²) in [5, 5.41) is 30.2. The molecule has 0 spiro atoms. The van der Waals surface area contributed by atoms with Gasteiger partial charge in [0.05, 0.1) is 44.4 Å². The second kappa shape index (κ2) is 14.8. The number of anilines is 1. The molecular weight excluding hydrogens is 598 g/mol. The highest BCUT2D eigenvalue weighted by Gasteiger charge is 2.48. The molecule has 9 nitrogen and oxygen atoms in total. The van der Waals surface area contributed by atoms with E-state index in [1.807, 2.05) is 24.3 Å². The number of β-lactam (4-membered cyclic amide) rings is 1. The summed E-state index contributed by atoms with van der Waals surface area (Å²) in [5.41, 5.74) is 2.56. The van der Waals surface area contributed by atoms with Gasteiger partial charge in [-0.1, -0.05) is 43.3 Å². The zero-order valence-electron chi connectivity index (χ0n) is 25.7. The maximum absolute atomic E-state index is 13.7. The maximum Gasteiger partial charge on any atom is 0.317 e. The number of rotatable bonds is 16. The van der Waals surface area contributed by atoms with Gasteiger partial charge in [0.2, 0.25) is 5.91 Å². The number of aliphatic hydroxyl groups excluding tert-OH is 2. The van der Waals surface area contributed by atoms with Crippen LogP contribution in [0.25, 0.3) is 0 Å². The van der Waals surface area contributed by atoms with E-state index in [-0.39, 0.29) is 30.9 Å². The smallest absolute Gasteiger partial charge is 0.317 e. The number of amides is 1. The number of aliphatic carboxylic acids is 1. The van der Waals surface area contributed by atoms with Gasteiger partial charge in [0, 0.05) is 5.69 Å². The van der Waals surface area contributed by atoms with Crippen molar-refractivity contribution in [2.24, 2.45) is 5.92 Å². The number of carbonyl (C=O) groups excluding carboxylic acids is 1. The van der Waals surface area contributed by atoms with Gasteiger partial charge in [0.15, 0.2) is 0 Å². The summed E-state index contributed by atoms with van der Waals surface area (Å²) in [7, 11) is 0. The molecule has 3 aromatic rings. The third kappa shape index (κ3) is 7.79. The lowest BCUT2D eigenvalue weighted by molar-refractivity contribution is -0.230. The molecule has 0 aliphatic carbocycles. The van der Waals surface area contributed by atoms with Gasteiger partial charge in [-0.05, 0) is 85.3 Å². The molecule has 0 radical (unpaired) electrons. The number of carbonyl (C=O) groups is 2. The van der Waals surface area contributed by atoms with Crippen molar-refractivity contribution in [2.75, 3.05) is 37.8 Å². The zero-order chi connectivity index (χ0) is 32.8. The third-order valence-corrected chi connectivity index (χ3v) is 8.95. The Balaban J connectivity index is 1.24. The van der Waals surface area contributed by atoms with Crippen LogP contribution in [0.5, 0.6) is 0 Å². The van der Waals surface area contributed by atoms with Gasteiger partial charge in [-0.2, -0.15) is 0 Å². The van der Waals surface area contributed by atoms with Gasteiger partial charge in [-0.25, -0.2) is 8.78 Å². The lowest BCUT2D eigenvalue weighted by Crippen LogP contribution is -2.55. The van der Waals surface area contributed by atoms with Crippen LogP contribution in [0.1, 0.15) is 55.0 Å². The van der Waals surface area contributed by atoms with E-state index >= 15 is 0 Å². The Morgan fingerprint density at radius 3 is 2.22 bits per heavy atom. The van der Waals surface area contributed by atoms with Crippen LogP contribution >= 0.6 is 0 Å². The minimum atomic E-state index is -1.04. The van der Waals surface area contributed by atoms with Gasteiger partial charge in [0.1, 0.15) is 23.5 Å². The molecule has 11 heteroatoms.